The number of hydrogen-bond donors (Lipinski definition) is 0. The van der Waals surface area contributed by atoms with E-state index in [4.69, 9.17) is 4.74 Å². The summed E-state index contributed by atoms with van der Waals surface area (Å²) in [5, 5.41) is 0. The molecular formula is C17H17F3N2O3. The lowest BCUT2D eigenvalue weighted by atomic mass is 10.0. The summed E-state index contributed by atoms with van der Waals surface area (Å²) in [5.41, 5.74) is -0.193. The van der Waals surface area contributed by atoms with Gasteiger partial charge in [0.2, 0.25) is 5.91 Å². The van der Waals surface area contributed by atoms with E-state index < -0.39 is 17.5 Å². The van der Waals surface area contributed by atoms with Gasteiger partial charge in [-0.15, -0.1) is 0 Å². The third-order valence-electron chi connectivity index (χ3n) is 4.48. The van der Waals surface area contributed by atoms with Crippen LogP contribution in [-0.2, 0) is 9.53 Å². The molecule has 1 aromatic rings. The largest absolute Gasteiger partial charge is 0.448 e. The standard InChI is InChI=1S/C17H17F3N2O3/c18-13-3-1-11(15(19)16(13)20)2-4-14(23)21-7-5-12(6-8-21)22-9-10-25-17(22)24/h1-4,12H,5-10H2. The second-order valence-electron chi connectivity index (χ2n) is 5.96. The maximum absolute atomic E-state index is 13.6. The van der Waals surface area contributed by atoms with Gasteiger partial charge < -0.3 is 14.5 Å². The van der Waals surface area contributed by atoms with Crippen molar-refractivity contribution in [3.8, 4) is 0 Å². The van der Waals surface area contributed by atoms with Crippen molar-refractivity contribution in [3.05, 3.63) is 41.2 Å². The highest BCUT2D eigenvalue weighted by Crippen LogP contribution is 2.21. The Bertz CT molecular complexity index is 715. The van der Waals surface area contributed by atoms with Crippen LogP contribution in [0.3, 0.4) is 0 Å². The van der Waals surface area contributed by atoms with Gasteiger partial charge in [0, 0.05) is 30.8 Å². The minimum absolute atomic E-state index is 0.0478. The van der Waals surface area contributed by atoms with Gasteiger partial charge in [0.15, 0.2) is 17.5 Å². The molecule has 0 radical (unpaired) electrons. The van der Waals surface area contributed by atoms with Crippen LogP contribution in [0.1, 0.15) is 18.4 Å². The lowest BCUT2D eigenvalue weighted by Gasteiger charge is -2.35. The molecule has 5 nitrogen and oxygen atoms in total. The first-order chi connectivity index (χ1) is 12.0. The molecule has 0 bridgehead atoms. The van der Waals surface area contributed by atoms with Crippen molar-refractivity contribution in [1.29, 1.82) is 0 Å². The quantitative estimate of drug-likeness (QED) is 0.619. The Morgan fingerprint density at radius 2 is 1.84 bits per heavy atom. The Hall–Kier alpha value is -2.51. The normalized spacial score (nSPS) is 18.9. The molecule has 0 spiro atoms. The van der Waals surface area contributed by atoms with Gasteiger partial charge in [0.25, 0.3) is 0 Å². The van der Waals surface area contributed by atoms with Crippen LogP contribution in [-0.4, -0.2) is 54.1 Å². The van der Waals surface area contributed by atoms with Crippen molar-refractivity contribution in [2.75, 3.05) is 26.2 Å². The average Bonchev–Trinajstić information content (AvgIpc) is 3.05. The monoisotopic (exact) mass is 354 g/mol. The number of piperidine rings is 1. The molecule has 2 aliphatic heterocycles. The summed E-state index contributed by atoms with van der Waals surface area (Å²) in [6.45, 7) is 1.86. The third-order valence-corrected chi connectivity index (χ3v) is 4.48. The molecule has 2 saturated heterocycles. The number of cyclic esters (lactones) is 1. The van der Waals surface area contributed by atoms with E-state index in [2.05, 4.69) is 0 Å². The van der Waals surface area contributed by atoms with Gasteiger partial charge >= 0.3 is 6.09 Å². The average molecular weight is 354 g/mol. The molecule has 0 N–H and O–H groups in total. The molecule has 0 atom stereocenters. The number of likely N-dealkylation sites (tertiary alicyclic amines) is 1. The maximum Gasteiger partial charge on any atom is 0.410 e. The van der Waals surface area contributed by atoms with Gasteiger partial charge in [-0.25, -0.2) is 18.0 Å². The first-order valence-electron chi connectivity index (χ1n) is 8.01. The molecule has 0 aliphatic carbocycles. The second-order valence-corrected chi connectivity index (χ2v) is 5.96. The van der Waals surface area contributed by atoms with E-state index in [0.29, 0.717) is 39.1 Å². The van der Waals surface area contributed by atoms with Gasteiger partial charge in [-0.1, -0.05) is 0 Å². The van der Waals surface area contributed by atoms with Crippen molar-refractivity contribution in [2.45, 2.75) is 18.9 Å². The van der Waals surface area contributed by atoms with Crippen LogP contribution < -0.4 is 0 Å². The first-order valence-corrected chi connectivity index (χ1v) is 8.01. The van der Waals surface area contributed by atoms with E-state index >= 15 is 0 Å². The fourth-order valence-corrected chi connectivity index (χ4v) is 3.07. The van der Waals surface area contributed by atoms with E-state index in [-0.39, 0.29) is 23.6 Å². The smallest absolute Gasteiger partial charge is 0.410 e. The lowest BCUT2D eigenvalue weighted by molar-refractivity contribution is -0.127. The molecule has 2 heterocycles. The van der Waals surface area contributed by atoms with E-state index in [1.165, 1.54) is 0 Å². The van der Waals surface area contributed by atoms with Crippen molar-refractivity contribution in [1.82, 2.24) is 9.80 Å². The van der Waals surface area contributed by atoms with Crippen LogP contribution in [0.5, 0.6) is 0 Å². The summed E-state index contributed by atoms with van der Waals surface area (Å²) < 4.78 is 44.5. The Labute approximate surface area is 142 Å². The lowest BCUT2D eigenvalue weighted by Crippen LogP contribution is -2.46. The zero-order chi connectivity index (χ0) is 18.0. The third kappa shape index (κ3) is 3.62. The van der Waals surface area contributed by atoms with Crippen LogP contribution in [0.25, 0.3) is 6.08 Å². The molecule has 1 aromatic carbocycles. The van der Waals surface area contributed by atoms with Crippen molar-refractivity contribution < 1.29 is 27.5 Å². The van der Waals surface area contributed by atoms with Crippen LogP contribution in [0.4, 0.5) is 18.0 Å². The molecular weight excluding hydrogens is 337 g/mol. The summed E-state index contributed by atoms with van der Waals surface area (Å²) in [5.74, 6) is -4.50. The van der Waals surface area contributed by atoms with E-state index in [1.807, 2.05) is 0 Å². The minimum atomic E-state index is -1.56. The number of nitrogens with zero attached hydrogens (tertiary/aromatic N) is 2. The molecule has 2 aliphatic rings. The molecule has 0 saturated carbocycles. The van der Waals surface area contributed by atoms with Crippen molar-refractivity contribution in [2.24, 2.45) is 0 Å². The highest BCUT2D eigenvalue weighted by atomic mass is 19.2. The number of ether oxygens (including phenoxy) is 1. The highest BCUT2D eigenvalue weighted by molar-refractivity contribution is 5.91. The second kappa shape index (κ2) is 7.16. The van der Waals surface area contributed by atoms with E-state index in [0.717, 1.165) is 24.3 Å². The van der Waals surface area contributed by atoms with Gasteiger partial charge in [-0.3, -0.25) is 4.79 Å². The van der Waals surface area contributed by atoms with Gasteiger partial charge in [-0.05, 0) is 31.1 Å². The molecule has 0 aromatic heterocycles. The number of benzene rings is 1. The maximum atomic E-state index is 13.6. The van der Waals surface area contributed by atoms with Crippen LogP contribution in [0.15, 0.2) is 18.2 Å². The van der Waals surface area contributed by atoms with E-state index in [9.17, 15) is 22.8 Å². The summed E-state index contributed by atoms with van der Waals surface area (Å²) in [4.78, 5) is 27.0. The fourth-order valence-electron chi connectivity index (χ4n) is 3.07. The zero-order valence-corrected chi connectivity index (χ0v) is 13.4. The van der Waals surface area contributed by atoms with Crippen LogP contribution >= 0.6 is 0 Å². The predicted molar refractivity (Wildman–Crippen MR) is 83.0 cm³/mol. The van der Waals surface area contributed by atoms with Crippen molar-refractivity contribution in [3.63, 3.8) is 0 Å². The summed E-state index contributed by atoms with van der Waals surface area (Å²) in [6, 6.07) is 1.93. The fraction of sp³-hybridized carbons (Fsp3) is 0.412. The van der Waals surface area contributed by atoms with Crippen molar-refractivity contribution >= 4 is 18.1 Å². The zero-order valence-electron chi connectivity index (χ0n) is 13.4. The summed E-state index contributed by atoms with van der Waals surface area (Å²) >= 11 is 0. The molecule has 8 heteroatoms. The Balaban J connectivity index is 1.58. The summed E-state index contributed by atoms with van der Waals surface area (Å²) in [7, 11) is 0. The Morgan fingerprint density at radius 3 is 2.48 bits per heavy atom. The summed E-state index contributed by atoms with van der Waals surface area (Å²) in [6.07, 6.45) is 3.21. The van der Waals surface area contributed by atoms with Crippen LogP contribution in [0, 0.1) is 17.5 Å². The molecule has 0 unspecified atom stereocenters. The topological polar surface area (TPSA) is 49.9 Å². The van der Waals surface area contributed by atoms with Gasteiger partial charge in [0.05, 0.1) is 6.54 Å². The molecule has 25 heavy (non-hydrogen) atoms. The van der Waals surface area contributed by atoms with E-state index in [1.54, 1.807) is 9.80 Å². The molecule has 2 fully saturated rings. The number of hydrogen-bond acceptors (Lipinski definition) is 3. The number of rotatable bonds is 3. The molecule has 2 amide bonds. The number of carbonyl (C=O) groups is 2. The number of carbonyl (C=O) groups excluding carboxylic acids is 2. The SMILES string of the molecule is O=C(C=Cc1ccc(F)c(F)c1F)N1CCC(N2CCOC2=O)CC1. The molecule has 3 rings (SSSR count). The Morgan fingerprint density at radius 1 is 1.12 bits per heavy atom. The van der Waals surface area contributed by atoms with Crippen LogP contribution in [0.2, 0.25) is 0 Å². The highest BCUT2D eigenvalue weighted by Gasteiger charge is 2.32. The molecule has 134 valence electrons. The minimum Gasteiger partial charge on any atom is -0.448 e. The number of amides is 2. The Kier molecular flexibility index (Phi) is 4.96. The first kappa shape index (κ1) is 17.3. The van der Waals surface area contributed by atoms with Gasteiger partial charge in [0.1, 0.15) is 6.61 Å². The number of halogens is 3. The predicted octanol–water partition coefficient (Wildman–Crippen LogP) is 2.56. The van der Waals surface area contributed by atoms with Gasteiger partial charge in [-0.2, -0.15) is 0 Å².